The van der Waals surface area contributed by atoms with E-state index in [0.29, 0.717) is 11.1 Å². The second kappa shape index (κ2) is 4.54. The quantitative estimate of drug-likeness (QED) is 0.618. The molecule has 2 aromatic carbocycles. The fourth-order valence-electron chi connectivity index (χ4n) is 3.56. The average molecular weight is 324 g/mol. The molecule has 0 spiro atoms. The first-order valence-electron chi connectivity index (χ1n) is 7.05. The molecule has 0 fully saturated rings. The minimum absolute atomic E-state index is 0.177. The summed E-state index contributed by atoms with van der Waals surface area (Å²) >= 11 is 0. The summed E-state index contributed by atoms with van der Waals surface area (Å²) in [4.78, 5) is 45.9. The largest absolute Gasteiger partial charge is 0.293 e. The second-order valence-corrected chi connectivity index (χ2v) is 5.74. The Labute approximate surface area is 134 Å². The fourth-order valence-corrected chi connectivity index (χ4v) is 3.56. The third kappa shape index (κ3) is 1.67. The molecule has 0 amide bonds. The highest BCUT2D eigenvalue weighted by Gasteiger charge is 2.51. The van der Waals surface area contributed by atoms with E-state index in [2.05, 4.69) is 0 Å². The molecule has 118 valence electrons. The molecule has 0 aliphatic heterocycles. The maximum absolute atomic E-state index is 12.7. The molecule has 0 radical (unpaired) electrons. The summed E-state index contributed by atoms with van der Waals surface area (Å²) in [6, 6.07) is 7.74. The van der Waals surface area contributed by atoms with E-state index >= 15 is 0 Å². The zero-order valence-corrected chi connectivity index (χ0v) is 12.0. The molecule has 2 aliphatic rings. The van der Waals surface area contributed by atoms with Crippen LogP contribution >= 0.6 is 0 Å². The average Bonchev–Trinajstić information content (AvgIpc) is 3.01. The first-order chi connectivity index (χ1) is 11.4. The Bertz CT molecular complexity index is 901. The molecule has 4 rings (SSSR count). The van der Waals surface area contributed by atoms with Gasteiger partial charge in [-0.05, 0) is 11.1 Å². The highest BCUT2D eigenvalue weighted by molar-refractivity contribution is 6.20. The molecule has 8 heteroatoms. The Kier molecular flexibility index (Phi) is 2.69. The molecule has 0 heterocycles. The topological polar surface area (TPSA) is 120 Å². The van der Waals surface area contributed by atoms with E-state index in [4.69, 9.17) is 0 Å². The summed E-state index contributed by atoms with van der Waals surface area (Å²) < 4.78 is 0. The highest BCUT2D eigenvalue weighted by Crippen LogP contribution is 2.52. The van der Waals surface area contributed by atoms with Gasteiger partial charge < -0.3 is 0 Å². The number of fused-ring (bicyclic) bond motifs is 5. The Hall–Kier alpha value is -3.42. The van der Waals surface area contributed by atoms with Crippen molar-refractivity contribution in [3.63, 3.8) is 0 Å². The van der Waals surface area contributed by atoms with Gasteiger partial charge in [0, 0.05) is 35.4 Å². The van der Waals surface area contributed by atoms with Crippen molar-refractivity contribution in [1.29, 1.82) is 0 Å². The summed E-state index contributed by atoms with van der Waals surface area (Å²) in [5.74, 6) is -2.24. The molecule has 2 aromatic rings. The van der Waals surface area contributed by atoms with Gasteiger partial charge in [-0.15, -0.1) is 0 Å². The zero-order valence-electron chi connectivity index (χ0n) is 12.0. The van der Waals surface area contributed by atoms with Crippen molar-refractivity contribution < 1.29 is 19.4 Å². The van der Waals surface area contributed by atoms with Crippen LogP contribution < -0.4 is 0 Å². The Morgan fingerprint density at radius 1 is 0.708 bits per heavy atom. The van der Waals surface area contributed by atoms with E-state index in [1.165, 1.54) is 36.4 Å². The monoisotopic (exact) mass is 324 g/mol. The van der Waals surface area contributed by atoms with Gasteiger partial charge in [0.2, 0.25) is 0 Å². The van der Waals surface area contributed by atoms with Gasteiger partial charge >= 0.3 is 0 Å². The van der Waals surface area contributed by atoms with Crippen LogP contribution in [0.1, 0.15) is 43.7 Å². The molecule has 24 heavy (non-hydrogen) atoms. The molecular weight excluding hydrogens is 316 g/mol. The molecule has 0 saturated carbocycles. The number of ketones is 2. The second-order valence-electron chi connectivity index (χ2n) is 5.74. The molecule has 0 unspecified atom stereocenters. The number of hydrogen-bond donors (Lipinski definition) is 0. The first kappa shape index (κ1) is 14.2. The van der Waals surface area contributed by atoms with Crippen LogP contribution in [-0.4, -0.2) is 21.4 Å². The minimum atomic E-state index is -0.759. The van der Waals surface area contributed by atoms with E-state index in [-0.39, 0.29) is 34.1 Å². The van der Waals surface area contributed by atoms with Crippen molar-refractivity contribution in [3.8, 4) is 0 Å². The number of hydrogen-bond acceptors (Lipinski definition) is 6. The zero-order chi connectivity index (χ0) is 17.2. The van der Waals surface area contributed by atoms with Crippen LogP contribution in [0.15, 0.2) is 36.4 Å². The summed E-state index contributed by atoms with van der Waals surface area (Å²) in [6.07, 6.45) is 0. The highest BCUT2D eigenvalue weighted by atomic mass is 16.6. The van der Waals surface area contributed by atoms with Crippen LogP contribution in [0.5, 0.6) is 0 Å². The normalized spacial score (nSPS) is 20.5. The van der Waals surface area contributed by atoms with Crippen molar-refractivity contribution in [2.24, 2.45) is 0 Å². The number of Topliss-reactive ketones (excluding diaryl/α,β-unsaturated/α-hetero) is 2. The predicted octanol–water partition coefficient (Wildman–Crippen LogP) is 2.76. The van der Waals surface area contributed by atoms with Gasteiger partial charge in [-0.1, -0.05) is 12.1 Å². The summed E-state index contributed by atoms with van der Waals surface area (Å²) in [6.45, 7) is 0. The smallest absolute Gasteiger partial charge is 0.270 e. The molecule has 0 saturated heterocycles. The van der Waals surface area contributed by atoms with E-state index in [1.807, 2.05) is 0 Å². The number of carbonyl (C=O) groups excluding carboxylic acids is 2. The summed E-state index contributed by atoms with van der Waals surface area (Å²) in [5.41, 5.74) is 0.823. The SMILES string of the molecule is O=C1c2cc([N+](=O)[O-])ccc2[C@H]2C(=O)c3cc([N+](=O)[O-])ccc3[C@@H]12. The van der Waals surface area contributed by atoms with Crippen LogP contribution in [-0.2, 0) is 0 Å². The van der Waals surface area contributed by atoms with Crippen LogP contribution in [0.3, 0.4) is 0 Å². The van der Waals surface area contributed by atoms with Gasteiger partial charge in [0.15, 0.2) is 11.6 Å². The van der Waals surface area contributed by atoms with Crippen molar-refractivity contribution >= 4 is 22.9 Å². The number of nitrogens with zero attached hydrogens (tertiary/aromatic N) is 2. The van der Waals surface area contributed by atoms with E-state index in [1.54, 1.807) is 0 Å². The van der Waals surface area contributed by atoms with Crippen molar-refractivity contribution in [1.82, 2.24) is 0 Å². The van der Waals surface area contributed by atoms with Crippen molar-refractivity contribution in [3.05, 3.63) is 78.9 Å². The molecule has 8 nitrogen and oxygen atoms in total. The van der Waals surface area contributed by atoms with Crippen LogP contribution in [0.2, 0.25) is 0 Å². The van der Waals surface area contributed by atoms with Crippen LogP contribution in [0.25, 0.3) is 0 Å². The van der Waals surface area contributed by atoms with Gasteiger partial charge in [0.1, 0.15) is 0 Å². The lowest BCUT2D eigenvalue weighted by atomic mass is 9.92. The molecular formula is C16H8N2O6. The predicted molar refractivity (Wildman–Crippen MR) is 80.3 cm³/mol. The maximum atomic E-state index is 12.7. The fraction of sp³-hybridized carbons (Fsp3) is 0.125. The van der Waals surface area contributed by atoms with E-state index in [9.17, 15) is 29.8 Å². The summed E-state index contributed by atoms with van der Waals surface area (Å²) in [7, 11) is 0. The number of nitro benzene ring substituents is 2. The van der Waals surface area contributed by atoms with Gasteiger partial charge in [-0.25, -0.2) is 0 Å². The number of carbonyl (C=O) groups is 2. The Balaban J connectivity index is 1.87. The molecule has 0 aromatic heterocycles. The van der Waals surface area contributed by atoms with Gasteiger partial charge in [0.05, 0.1) is 21.7 Å². The van der Waals surface area contributed by atoms with Gasteiger partial charge in [-0.2, -0.15) is 0 Å². The van der Waals surface area contributed by atoms with E-state index < -0.39 is 21.7 Å². The molecule has 2 aliphatic carbocycles. The number of rotatable bonds is 2. The Morgan fingerprint density at radius 3 is 1.42 bits per heavy atom. The molecule has 2 atom stereocenters. The number of non-ortho nitro benzene ring substituents is 2. The van der Waals surface area contributed by atoms with Gasteiger partial charge in [0.25, 0.3) is 11.4 Å². The number of benzene rings is 2. The standard InChI is InChI=1S/C16H8N2O6/c19-15-11-5-7(17(21)22)1-3-9(11)13-14(15)10-4-2-8(18(23)24)6-12(10)16(13)20/h1-6,13-14H/t13-,14-/m1/s1. The lowest BCUT2D eigenvalue weighted by molar-refractivity contribution is -0.385. The van der Waals surface area contributed by atoms with E-state index in [0.717, 1.165) is 0 Å². The minimum Gasteiger partial charge on any atom is -0.293 e. The lowest BCUT2D eigenvalue weighted by Crippen LogP contribution is -2.09. The summed E-state index contributed by atoms with van der Waals surface area (Å²) in [5, 5.41) is 21.8. The van der Waals surface area contributed by atoms with Crippen LogP contribution in [0.4, 0.5) is 11.4 Å². The van der Waals surface area contributed by atoms with Crippen molar-refractivity contribution in [2.45, 2.75) is 11.8 Å². The number of nitro groups is 2. The van der Waals surface area contributed by atoms with Gasteiger partial charge in [-0.3, -0.25) is 29.8 Å². The molecule has 0 N–H and O–H groups in total. The maximum Gasteiger partial charge on any atom is 0.270 e. The lowest BCUT2D eigenvalue weighted by Gasteiger charge is -2.07. The molecule has 0 bridgehead atoms. The third-order valence-corrected chi connectivity index (χ3v) is 4.59. The third-order valence-electron chi connectivity index (χ3n) is 4.59. The Morgan fingerprint density at radius 2 is 1.08 bits per heavy atom. The van der Waals surface area contributed by atoms with Crippen LogP contribution in [0, 0.1) is 20.2 Å². The van der Waals surface area contributed by atoms with Crippen molar-refractivity contribution in [2.75, 3.05) is 0 Å². The first-order valence-corrected chi connectivity index (χ1v) is 7.05.